The topological polar surface area (TPSA) is 70.5 Å². The molecular weight excluding hydrogens is 280 g/mol. The number of methoxy groups -OCH3 is 2. The lowest BCUT2D eigenvalue weighted by molar-refractivity contribution is 0.402. The number of oxazole rings is 1. The second-order valence-electron chi connectivity index (χ2n) is 4.69. The van der Waals surface area contributed by atoms with Gasteiger partial charge in [-0.25, -0.2) is 4.98 Å². The van der Waals surface area contributed by atoms with Crippen LogP contribution in [0.15, 0.2) is 40.8 Å². The largest absolute Gasteiger partial charge is 0.497 e. The van der Waals surface area contributed by atoms with Crippen molar-refractivity contribution in [3.05, 3.63) is 47.9 Å². The van der Waals surface area contributed by atoms with E-state index in [0.717, 1.165) is 17.1 Å². The van der Waals surface area contributed by atoms with Crippen molar-refractivity contribution in [2.75, 3.05) is 20.0 Å². The molecule has 0 bridgehead atoms. The number of rotatable bonds is 4. The summed E-state index contributed by atoms with van der Waals surface area (Å²) in [5, 5.41) is 0. The Labute approximate surface area is 128 Å². The number of nitrogens with two attached hydrogens (primary N) is 1. The van der Waals surface area contributed by atoms with Gasteiger partial charge in [0.2, 0.25) is 5.89 Å². The van der Waals surface area contributed by atoms with Gasteiger partial charge in [0.15, 0.2) is 5.58 Å². The molecule has 5 nitrogen and oxygen atoms in total. The van der Waals surface area contributed by atoms with Gasteiger partial charge in [0.1, 0.15) is 17.0 Å². The predicted octanol–water partition coefficient (Wildman–Crippen LogP) is 3.60. The summed E-state index contributed by atoms with van der Waals surface area (Å²) in [7, 11) is 3.25. The molecule has 2 N–H and O–H groups in total. The van der Waals surface area contributed by atoms with Crippen molar-refractivity contribution in [1.82, 2.24) is 4.98 Å². The van der Waals surface area contributed by atoms with Crippen molar-refractivity contribution >= 4 is 28.9 Å². The minimum absolute atomic E-state index is 0.484. The number of fused-ring (bicyclic) bond motifs is 1. The van der Waals surface area contributed by atoms with Crippen molar-refractivity contribution in [3.8, 4) is 11.5 Å². The highest BCUT2D eigenvalue weighted by Gasteiger charge is 2.06. The number of benzene rings is 2. The molecule has 3 aromatic rings. The Balaban J connectivity index is 1.97. The highest BCUT2D eigenvalue weighted by Crippen LogP contribution is 2.27. The lowest BCUT2D eigenvalue weighted by Gasteiger charge is -2.06. The summed E-state index contributed by atoms with van der Waals surface area (Å²) in [6, 6.07) is 11.0. The number of para-hydroxylation sites is 1. The first-order valence-corrected chi connectivity index (χ1v) is 6.76. The van der Waals surface area contributed by atoms with Crippen LogP contribution in [0.25, 0.3) is 23.3 Å². The van der Waals surface area contributed by atoms with Gasteiger partial charge in [-0.05, 0) is 36.4 Å². The smallest absolute Gasteiger partial charge is 0.220 e. The molecule has 0 saturated carbocycles. The zero-order chi connectivity index (χ0) is 15.5. The average molecular weight is 296 g/mol. The van der Waals surface area contributed by atoms with Gasteiger partial charge < -0.3 is 19.6 Å². The molecule has 0 fully saturated rings. The van der Waals surface area contributed by atoms with E-state index in [1.807, 2.05) is 36.4 Å². The van der Waals surface area contributed by atoms with Crippen LogP contribution in [-0.2, 0) is 0 Å². The van der Waals surface area contributed by atoms with Crippen molar-refractivity contribution in [3.63, 3.8) is 0 Å². The third-order valence-electron chi connectivity index (χ3n) is 3.31. The van der Waals surface area contributed by atoms with Crippen LogP contribution in [0.1, 0.15) is 11.5 Å². The molecule has 0 aliphatic carbocycles. The molecule has 22 heavy (non-hydrogen) atoms. The number of nitrogen functional groups attached to an aromatic ring is 1. The van der Waals surface area contributed by atoms with Gasteiger partial charge in [-0.2, -0.15) is 0 Å². The molecule has 0 amide bonds. The lowest BCUT2D eigenvalue weighted by atomic mass is 10.1. The molecule has 0 spiro atoms. The Bertz CT molecular complexity index is 837. The molecule has 0 radical (unpaired) electrons. The second-order valence-corrected chi connectivity index (χ2v) is 4.69. The Morgan fingerprint density at radius 3 is 2.68 bits per heavy atom. The van der Waals surface area contributed by atoms with Crippen molar-refractivity contribution in [2.24, 2.45) is 0 Å². The summed E-state index contributed by atoms with van der Waals surface area (Å²) in [6.07, 6.45) is 3.64. The van der Waals surface area contributed by atoms with E-state index in [0.29, 0.717) is 22.7 Å². The SMILES string of the molecule is COc1ccc(OC)c(/C=C\c2nc3c(N)cccc3o2)c1. The number of hydrogen-bond acceptors (Lipinski definition) is 5. The Kier molecular flexibility index (Phi) is 3.70. The van der Waals surface area contributed by atoms with Crippen LogP contribution in [0.3, 0.4) is 0 Å². The van der Waals surface area contributed by atoms with E-state index in [9.17, 15) is 0 Å². The number of nitrogens with zero attached hydrogens (tertiary/aromatic N) is 1. The Hall–Kier alpha value is -2.95. The average Bonchev–Trinajstić information content (AvgIpc) is 2.97. The maximum Gasteiger partial charge on any atom is 0.220 e. The van der Waals surface area contributed by atoms with Crippen LogP contribution >= 0.6 is 0 Å². The van der Waals surface area contributed by atoms with Crippen molar-refractivity contribution in [1.29, 1.82) is 0 Å². The summed E-state index contributed by atoms with van der Waals surface area (Å²) >= 11 is 0. The van der Waals surface area contributed by atoms with Crippen LogP contribution in [0, 0.1) is 0 Å². The van der Waals surface area contributed by atoms with E-state index in [1.165, 1.54) is 0 Å². The zero-order valence-corrected chi connectivity index (χ0v) is 12.4. The maximum atomic E-state index is 5.88. The highest BCUT2D eigenvalue weighted by atomic mass is 16.5. The first kappa shape index (κ1) is 14.0. The maximum absolute atomic E-state index is 5.88. The fourth-order valence-electron chi connectivity index (χ4n) is 2.19. The van der Waals surface area contributed by atoms with Gasteiger partial charge in [-0.15, -0.1) is 0 Å². The molecule has 1 heterocycles. The van der Waals surface area contributed by atoms with E-state index in [4.69, 9.17) is 19.6 Å². The van der Waals surface area contributed by atoms with E-state index >= 15 is 0 Å². The molecule has 0 unspecified atom stereocenters. The fourth-order valence-corrected chi connectivity index (χ4v) is 2.19. The van der Waals surface area contributed by atoms with Crippen LogP contribution < -0.4 is 15.2 Å². The first-order chi connectivity index (χ1) is 10.7. The summed E-state index contributed by atoms with van der Waals surface area (Å²) in [4.78, 5) is 4.37. The summed E-state index contributed by atoms with van der Waals surface area (Å²) < 4.78 is 16.2. The molecule has 0 aliphatic rings. The number of aromatic nitrogens is 1. The molecule has 0 aliphatic heterocycles. The standard InChI is InChI=1S/C17H16N2O3/c1-20-12-7-8-14(21-2)11(10-12)6-9-16-19-17-13(18)4-3-5-15(17)22-16/h3-10H,18H2,1-2H3/b9-6-. The Morgan fingerprint density at radius 1 is 1.09 bits per heavy atom. The van der Waals surface area contributed by atoms with Gasteiger partial charge in [0.05, 0.1) is 19.9 Å². The van der Waals surface area contributed by atoms with Crippen LogP contribution in [0.5, 0.6) is 11.5 Å². The summed E-state index contributed by atoms with van der Waals surface area (Å²) in [5.74, 6) is 1.98. The molecule has 3 rings (SSSR count). The molecular formula is C17H16N2O3. The predicted molar refractivity (Wildman–Crippen MR) is 86.9 cm³/mol. The van der Waals surface area contributed by atoms with Gasteiger partial charge in [0.25, 0.3) is 0 Å². The van der Waals surface area contributed by atoms with Crippen molar-refractivity contribution in [2.45, 2.75) is 0 Å². The Morgan fingerprint density at radius 2 is 1.95 bits per heavy atom. The van der Waals surface area contributed by atoms with Crippen molar-refractivity contribution < 1.29 is 13.9 Å². The van der Waals surface area contributed by atoms with E-state index < -0.39 is 0 Å². The fraction of sp³-hybridized carbons (Fsp3) is 0.118. The summed E-state index contributed by atoms with van der Waals surface area (Å²) in [6.45, 7) is 0. The molecule has 112 valence electrons. The summed E-state index contributed by atoms with van der Waals surface area (Å²) in [5.41, 5.74) is 8.68. The minimum atomic E-state index is 0.484. The van der Waals surface area contributed by atoms with Crippen LogP contribution in [0.2, 0.25) is 0 Å². The number of anilines is 1. The number of hydrogen-bond donors (Lipinski definition) is 1. The molecule has 5 heteroatoms. The molecule has 1 aromatic heterocycles. The highest BCUT2D eigenvalue weighted by molar-refractivity contribution is 5.86. The van der Waals surface area contributed by atoms with Crippen LogP contribution in [0.4, 0.5) is 5.69 Å². The normalized spacial score (nSPS) is 11.2. The van der Waals surface area contributed by atoms with Gasteiger partial charge >= 0.3 is 0 Å². The zero-order valence-electron chi connectivity index (χ0n) is 12.4. The minimum Gasteiger partial charge on any atom is -0.497 e. The third-order valence-corrected chi connectivity index (χ3v) is 3.31. The third kappa shape index (κ3) is 2.61. The van der Waals surface area contributed by atoms with Crippen LogP contribution in [-0.4, -0.2) is 19.2 Å². The number of ether oxygens (including phenoxy) is 2. The van der Waals surface area contributed by atoms with E-state index in [-0.39, 0.29) is 0 Å². The monoisotopic (exact) mass is 296 g/mol. The quantitative estimate of drug-likeness (QED) is 0.745. The first-order valence-electron chi connectivity index (χ1n) is 6.76. The van der Waals surface area contributed by atoms with E-state index in [2.05, 4.69) is 4.98 Å². The molecule has 2 aromatic carbocycles. The van der Waals surface area contributed by atoms with E-state index in [1.54, 1.807) is 26.4 Å². The molecule has 0 saturated heterocycles. The lowest BCUT2D eigenvalue weighted by Crippen LogP contribution is -1.89. The molecule has 0 atom stereocenters. The van der Waals surface area contributed by atoms with Gasteiger partial charge in [0, 0.05) is 11.6 Å². The van der Waals surface area contributed by atoms with Gasteiger partial charge in [-0.3, -0.25) is 0 Å². The second kappa shape index (κ2) is 5.81. The van der Waals surface area contributed by atoms with Gasteiger partial charge in [-0.1, -0.05) is 6.07 Å².